The second-order valence-electron chi connectivity index (χ2n) is 5.98. The minimum atomic E-state index is -3.35. The Morgan fingerprint density at radius 2 is 1.96 bits per heavy atom. The van der Waals surface area contributed by atoms with Gasteiger partial charge in [-0.15, -0.1) is 11.3 Å². The number of anilines is 1. The molecule has 2 aromatic rings. The van der Waals surface area contributed by atoms with Gasteiger partial charge in [-0.1, -0.05) is 18.2 Å². The molecule has 3 rings (SSSR count). The molecule has 128 valence electrons. The molecule has 0 atom stereocenters. The summed E-state index contributed by atoms with van der Waals surface area (Å²) in [5.41, 5.74) is 2.53. The lowest BCUT2D eigenvalue weighted by molar-refractivity contribution is 0.0955. The van der Waals surface area contributed by atoms with E-state index in [1.807, 2.05) is 12.1 Å². The van der Waals surface area contributed by atoms with Crippen LogP contribution < -0.4 is 10.0 Å². The molecule has 1 aromatic carbocycles. The number of carbonyl (C=O) groups excluding carboxylic acids is 1. The molecule has 1 heterocycles. The average Bonchev–Trinajstić information content (AvgIpc) is 2.96. The van der Waals surface area contributed by atoms with Crippen molar-refractivity contribution in [2.24, 2.45) is 0 Å². The highest BCUT2D eigenvalue weighted by Crippen LogP contribution is 2.29. The Kier molecular flexibility index (Phi) is 4.91. The van der Waals surface area contributed by atoms with Crippen molar-refractivity contribution >= 4 is 33.0 Å². The Morgan fingerprint density at radius 1 is 1.21 bits per heavy atom. The van der Waals surface area contributed by atoms with Gasteiger partial charge in [0.15, 0.2) is 0 Å². The normalized spacial score (nSPS) is 14.0. The minimum Gasteiger partial charge on any atom is -0.347 e. The standard InChI is InChI=1S/C17H20N2O3S2/c1-24(21,22)19-14-8-4-2-7-13(14)11-18-17(20)16-10-12-6-3-5-9-15(12)23-16/h2,4,7-8,10,19H,3,5-6,9,11H2,1H3,(H,18,20). The third kappa shape index (κ3) is 4.15. The molecule has 0 saturated heterocycles. The largest absolute Gasteiger partial charge is 0.347 e. The van der Waals surface area contributed by atoms with E-state index in [0.717, 1.165) is 29.5 Å². The number of hydrogen-bond acceptors (Lipinski definition) is 4. The van der Waals surface area contributed by atoms with Gasteiger partial charge in [0.1, 0.15) is 0 Å². The Bertz CT molecular complexity index is 833. The summed E-state index contributed by atoms with van der Waals surface area (Å²) in [7, 11) is -3.35. The predicted molar refractivity (Wildman–Crippen MR) is 97.0 cm³/mol. The fraction of sp³-hybridized carbons (Fsp3) is 0.353. The lowest BCUT2D eigenvalue weighted by atomic mass is 9.99. The van der Waals surface area contributed by atoms with E-state index in [2.05, 4.69) is 10.0 Å². The fourth-order valence-corrected chi connectivity index (χ4v) is 4.61. The summed E-state index contributed by atoms with van der Waals surface area (Å²) in [6.07, 6.45) is 5.61. The number of nitrogens with one attached hydrogen (secondary N) is 2. The Labute approximate surface area is 146 Å². The van der Waals surface area contributed by atoms with Gasteiger partial charge in [-0.25, -0.2) is 8.42 Å². The Morgan fingerprint density at radius 3 is 2.71 bits per heavy atom. The molecule has 1 aliphatic rings. The highest BCUT2D eigenvalue weighted by Gasteiger charge is 2.17. The molecule has 24 heavy (non-hydrogen) atoms. The van der Waals surface area contributed by atoms with Crippen LogP contribution in [-0.4, -0.2) is 20.6 Å². The molecule has 0 unspecified atom stereocenters. The predicted octanol–water partition coefficient (Wildman–Crippen LogP) is 2.93. The number of aryl methyl sites for hydroxylation is 2. The molecule has 1 aliphatic carbocycles. The van der Waals surface area contributed by atoms with Gasteiger partial charge < -0.3 is 5.32 Å². The first-order chi connectivity index (χ1) is 11.4. The van der Waals surface area contributed by atoms with Gasteiger partial charge in [-0.2, -0.15) is 0 Å². The number of rotatable bonds is 5. The molecule has 7 heteroatoms. The van der Waals surface area contributed by atoms with Crippen molar-refractivity contribution < 1.29 is 13.2 Å². The van der Waals surface area contributed by atoms with Crippen LogP contribution in [0.1, 0.15) is 38.5 Å². The van der Waals surface area contributed by atoms with Crippen LogP contribution in [0.25, 0.3) is 0 Å². The molecule has 2 N–H and O–H groups in total. The maximum absolute atomic E-state index is 12.4. The van der Waals surface area contributed by atoms with Gasteiger partial charge in [0.25, 0.3) is 5.91 Å². The zero-order valence-electron chi connectivity index (χ0n) is 13.5. The van der Waals surface area contributed by atoms with Crippen LogP contribution in [0.15, 0.2) is 30.3 Å². The SMILES string of the molecule is CS(=O)(=O)Nc1ccccc1CNC(=O)c1cc2c(s1)CCCC2. The molecule has 0 saturated carbocycles. The van der Waals surface area contributed by atoms with Crippen molar-refractivity contribution in [3.05, 3.63) is 51.2 Å². The first kappa shape index (κ1) is 17.0. The quantitative estimate of drug-likeness (QED) is 0.856. The van der Waals surface area contributed by atoms with Crippen LogP contribution >= 0.6 is 11.3 Å². The van der Waals surface area contributed by atoms with Crippen molar-refractivity contribution in [3.8, 4) is 0 Å². The number of sulfonamides is 1. The van der Waals surface area contributed by atoms with Gasteiger partial charge in [-0.3, -0.25) is 9.52 Å². The van der Waals surface area contributed by atoms with Crippen molar-refractivity contribution in [2.75, 3.05) is 11.0 Å². The topological polar surface area (TPSA) is 75.3 Å². The zero-order chi connectivity index (χ0) is 17.2. The van der Waals surface area contributed by atoms with Crippen molar-refractivity contribution in [1.29, 1.82) is 0 Å². The lowest BCUT2D eigenvalue weighted by Crippen LogP contribution is -2.23. The smallest absolute Gasteiger partial charge is 0.261 e. The van der Waals surface area contributed by atoms with Gasteiger partial charge in [0.2, 0.25) is 10.0 Å². The van der Waals surface area contributed by atoms with E-state index in [9.17, 15) is 13.2 Å². The number of fused-ring (bicyclic) bond motifs is 1. The minimum absolute atomic E-state index is 0.108. The maximum atomic E-state index is 12.4. The highest BCUT2D eigenvalue weighted by atomic mass is 32.2. The molecule has 0 spiro atoms. The molecule has 1 amide bonds. The van der Waals surface area contributed by atoms with E-state index in [-0.39, 0.29) is 12.5 Å². The van der Waals surface area contributed by atoms with E-state index < -0.39 is 10.0 Å². The molecule has 5 nitrogen and oxygen atoms in total. The number of amides is 1. The summed E-state index contributed by atoms with van der Waals surface area (Å²) in [5, 5.41) is 2.89. The van der Waals surface area contributed by atoms with Gasteiger partial charge in [-0.05, 0) is 48.9 Å². The van der Waals surface area contributed by atoms with Crippen LogP contribution in [0.4, 0.5) is 5.69 Å². The summed E-state index contributed by atoms with van der Waals surface area (Å²) < 4.78 is 25.3. The fourth-order valence-electron chi connectivity index (χ4n) is 2.84. The van der Waals surface area contributed by atoms with Crippen LogP contribution in [0.5, 0.6) is 0 Å². The first-order valence-corrected chi connectivity index (χ1v) is 10.6. The van der Waals surface area contributed by atoms with E-state index in [4.69, 9.17) is 0 Å². The number of para-hydroxylation sites is 1. The monoisotopic (exact) mass is 364 g/mol. The van der Waals surface area contributed by atoms with Crippen molar-refractivity contribution in [2.45, 2.75) is 32.2 Å². The maximum Gasteiger partial charge on any atom is 0.261 e. The lowest BCUT2D eigenvalue weighted by Gasteiger charge is -2.11. The molecule has 0 aliphatic heterocycles. The molecule has 0 radical (unpaired) electrons. The summed E-state index contributed by atoms with van der Waals surface area (Å²) in [6, 6.07) is 9.06. The Hall–Kier alpha value is -1.86. The third-order valence-corrected chi connectivity index (χ3v) is 5.80. The van der Waals surface area contributed by atoms with E-state index in [1.54, 1.807) is 29.5 Å². The van der Waals surface area contributed by atoms with E-state index >= 15 is 0 Å². The van der Waals surface area contributed by atoms with Gasteiger partial charge >= 0.3 is 0 Å². The third-order valence-electron chi connectivity index (χ3n) is 3.97. The first-order valence-electron chi connectivity index (χ1n) is 7.88. The summed E-state index contributed by atoms with van der Waals surface area (Å²) in [6.45, 7) is 0.278. The van der Waals surface area contributed by atoms with Crippen molar-refractivity contribution in [3.63, 3.8) is 0 Å². The average molecular weight is 364 g/mol. The summed E-state index contributed by atoms with van der Waals surface area (Å²) in [4.78, 5) is 14.4. The second kappa shape index (κ2) is 6.94. The number of benzene rings is 1. The second-order valence-corrected chi connectivity index (χ2v) is 8.87. The van der Waals surface area contributed by atoms with Crippen LogP contribution in [0, 0.1) is 0 Å². The molecule has 0 fully saturated rings. The van der Waals surface area contributed by atoms with Crippen LogP contribution in [-0.2, 0) is 29.4 Å². The number of carbonyl (C=O) groups is 1. The number of thiophene rings is 1. The van der Waals surface area contributed by atoms with E-state index in [0.29, 0.717) is 5.69 Å². The molecular weight excluding hydrogens is 344 g/mol. The zero-order valence-corrected chi connectivity index (χ0v) is 15.1. The van der Waals surface area contributed by atoms with Crippen LogP contribution in [0.3, 0.4) is 0 Å². The molecular formula is C17H20N2O3S2. The van der Waals surface area contributed by atoms with Gasteiger partial charge in [0, 0.05) is 11.4 Å². The van der Waals surface area contributed by atoms with Gasteiger partial charge in [0.05, 0.1) is 16.8 Å². The molecule has 1 aromatic heterocycles. The summed E-state index contributed by atoms with van der Waals surface area (Å²) in [5.74, 6) is -0.108. The molecule has 0 bridgehead atoms. The van der Waals surface area contributed by atoms with Crippen molar-refractivity contribution in [1.82, 2.24) is 5.32 Å². The summed E-state index contributed by atoms with van der Waals surface area (Å²) >= 11 is 1.57. The Balaban J connectivity index is 1.69. The van der Waals surface area contributed by atoms with E-state index in [1.165, 1.54) is 23.3 Å². The highest BCUT2D eigenvalue weighted by molar-refractivity contribution is 7.92. The van der Waals surface area contributed by atoms with Crippen LogP contribution in [0.2, 0.25) is 0 Å². The number of hydrogen-bond donors (Lipinski definition) is 2.